The molecule has 1 rings (SSSR count). The van der Waals surface area contributed by atoms with Crippen LogP contribution in [0.5, 0.6) is 0 Å². The van der Waals surface area contributed by atoms with Crippen LogP contribution in [0.1, 0.15) is 12.5 Å². The summed E-state index contributed by atoms with van der Waals surface area (Å²) >= 11 is 1.78. The summed E-state index contributed by atoms with van der Waals surface area (Å²) in [6, 6.07) is 8.50. The summed E-state index contributed by atoms with van der Waals surface area (Å²) in [6.07, 6.45) is 4.20. The predicted octanol–water partition coefficient (Wildman–Crippen LogP) is 2.98. The van der Waals surface area contributed by atoms with Crippen LogP contribution in [0.2, 0.25) is 0 Å². The maximum absolute atomic E-state index is 2.19. The molecule has 10 heavy (non-hydrogen) atoms. The molecule has 0 fully saturated rings. The maximum atomic E-state index is 2.19. The molecule has 1 aromatic carbocycles. The zero-order chi connectivity index (χ0) is 7.40. The van der Waals surface area contributed by atoms with Crippen molar-refractivity contribution in [1.29, 1.82) is 0 Å². The molecule has 0 bridgehead atoms. The second-order valence-corrected chi connectivity index (χ2v) is 2.94. The van der Waals surface area contributed by atoms with Gasteiger partial charge in [-0.15, -0.1) is 11.8 Å². The van der Waals surface area contributed by atoms with Gasteiger partial charge in [0.25, 0.3) is 0 Å². The van der Waals surface area contributed by atoms with Crippen LogP contribution in [0.4, 0.5) is 0 Å². The van der Waals surface area contributed by atoms with Crippen LogP contribution in [-0.2, 0) is 0 Å². The topological polar surface area (TPSA) is 0 Å². The van der Waals surface area contributed by atoms with Crippen LogP contribution in [0.15, 0.2) is 29.2 Å². The highest BCUT2D eigenvalue weighted by Gasteiger charge is 1.90. The van der Waals surface area contributed by atoms with Gasteiger partial charge in [0.15, 0.2) is 0 Å². The van der Waals surface area contributed by atoms with Gasteiger partial charge in [0.1, 0.15) is 0 Å². The van der Waals surface area contributed by atoms with Crippen molar-refractivity contribution in [2.75, 3.05) is 6.26 Å². The minimum atomic E-state index is 1.30. The van der Waals surface area contributed by atoms with Crippen molar-refractivity contribution in [3.63, 3.8) is 0 Å². The van der Waals surface area contributed by atoms with E-state index in [4.69, 9.17) is 0 Å². The van der Waals surface area contributed by atoms with Crippen LogP contribution in [-0.4, -0.2) is 6.26 Å². The Kier molecular flexibility index (Phi) is 2.82. The zero-order valence-electron chi connectivity index (χ0n) is 6.29. The Bertz CT molecular complexity index is 186. The minimum absolute atomic E-state index is 1.30. The molecule has 0 nitrogen and oxygen atoms in total. The van der Waals surface area contributed by atoms with E-state index < -0.39 is 0 Å². The Morgan fingerprint density at radius 2 is 2.20 bits per heavy atom. The molecule has 53 valence electrons. The Labute approximate surface area is 66.6 Å². The summed E-state index contributed by atoms with van der Waals surface area (Å²) in [5, 5.41) is 0. The number of hydrogen-bond acceptors (Lipinski definition) is 1. The summed E-state index contributed by atoms with van der Waals surface area (Å²) in [5.74, 6) is 0. The van der Waals surface area contributed by atoms with Crippen molar-refractivity contribution in [3.05, 3.63) is 36.2 Å². The smallest absolute Gasteiger partial charge is 0.00719 e. The molecule has 0 saturated heterocycles. The quantitative estimate of drug-likeness (QED) is 0.585. The van der Waals surface area contributed by atoms with Crippen LogP contribution in [0.3, 0.4) is 0 Å². The van der Waals surface area contributed by atoms with Crippen molar-refractivity contribution in [3.8, 4) is 0 Å². The molecule has 0 unspecified atom stereocenters. The van der Waals surface area contributed by atoms with Crippen molar-refractivity contribution >= 4 is 11.8 Å². The monoisotopic (exact) mass is 151 g/mol. The predicted molar refractivity (Wildman–Crippen MR) is 47.3 cm³/mol. The average molecular weight is 151 g/mol. The van der Waals surface area contributed by atoms with Gasteiger partial charge < -0.3 is 0 Å². The van der Waals surface area contributed by atoms with Crippen LogP contribution in [0.25, 0.3) is 0 Å². The van der Waals surface area contributed by atoms with Gasteiger partial charge >= 0.3 is 0 Å². The molecule has 0 atom stereocenters. The highest BCUT2D eigenvalue weighted by atomic mass is 32.2. The fourth-order valence-corrected chi connectivity index (χ4v) is 1.29. The lowest BCUT2D eigenvalue weighted by Crippen LogP contribution is -1.76. The molecule has 0 amide bonds. The van der Waals surface area contributed by atoms with E-state index >= 15 is 0 Å². The lowest BCUT2D eigenvalue weighted by molar-refractivity contribution is 1.35. The Morgan fingerprint density at radius 1 is 1.40 bits per heavy atom. The van der Waals surface area contributed by atoms with E-state index in [1.807, 2.05) is 0 Å². The van der Waals surface area contributed by atoms with Gasteiger partial charge in [0, 0.05) is 4.90 Å². The largest absolute Gasteiger partial charge is 0.130 e. The van der Waals surface area contributed by atoms with Gasteiger partial charge in [-0.05, 0) is 30.4 Å². The van der Waals surface area contributed by atoms with Gasteiger partial charge in [0.2, 0.25) is 0 Å². The van der Waals surface area contributed by atoms with E-state index in [1.54, 1.807) is 11.8 Å². The fraction of sp³-hybridized carbons (Fsp3) is 0.222. The van der Waals surface area contributed by atoms with Crippen molar-refractivity contribution in [1.82, 2.24) is 0 Å². The standard InChI is InChI=1S/C9H11S/c1-3-8-5-4-6-9(7-8)10-2/h3-7H,1-2H3. The fourth-order valence-electron chi connectivity index (χ4n) is 0.821. The molecule has 0 aromatic heterocycles. The van der Waals surface area contributed by atoms with Gasteiger partial charge in [-0.3, -0.25) is 0 Å². The first-order valence-corrected chi connectivity index (χ1v) is 4.52. The Morgan fingerprint density at radius 3 is 2.80 bits per heavy atom. The Hall–Kier alpha value is -0.430. The highest BCUT2D eigenvalue weighted by Crippen LogP contribution is 2.16. The molecule has 0 saturated carbocycles. The normalized spacial score (nSPS) is 9.80. The highest BCUT2D eigenvalue weighted by molar-refractivity contribution is 7.98. The second-order valence-electron chi connectivity index (χ2n) is 2.07. The van der Waals surface area contributed by atoms with E-state index in [9.17, 15) is 0 Å². The molecule has 0 N–H and O–H groups in total. The summed E-state index contributed by atoms with van der Waals surface area (Å²) in [5.41, 5.74) is 1.30. The van der Waals surface area contributed by atoms with E-state index in [1.165, 1.54) is 10.5 Å². The summed E-state index contributed by atoms with van der Waals surface area (Å²) < 4.78 is 0. The first kappa shape index (κ1) is 7.67. The lowest BCUT2D eigenvalue weighted by atomic mass is 10.2. The summed E-state index contributed by atoms with van der Waals surface area (Å²) in [7, 11) is 0. The third-order valence-corrected chi connectivity index (χ3v) is 2.15. The number of thioether (sulfide) groups is 1. The number of benzene rings is 1. The summed E-state index contributed by atoms with van der Waals surface area (Å²) in [4.78, 5) is 1.33. The van der Waals surface area contributed by atoms with Crippen molar-refractivity contribution < 1.29 is 0 Å². The number of hydrogen-bond donors (Lipinski definition) is 0. The third kappa shape index (κ3) is 1.77. The molecule has 0 spiro atoms. The van der Waals surface area contributed by atoms with Crippen LogP contribution < -0.4 is 0 Å². The van der Waals surface area contributed by atoms with E-state index in [0.29, 0.717) is 0 Å². The molecule has 0 aliphatic carbocycles. The SMILES string of the molecule is C[CH]c1cccc(SC)c1. The molecule has 0 heterocycles. The molecular formula is C9H11S. The van der Waals surface area contributed by atoms with E-state index in [2.05, 4.69) is 43.9 Å². The first-order chi connectivity index (χ1) is 4.86. The molecule has 1 aromatic rings. The van der Waals surface area contributed by atoms with Crippen molar-refractivity contribution in [2.24, 2.45) is 0 Å². The minimum Gasteiger partial charge on any atom is -0.130 e. The average Bonchev–Trinajstić information content (AvgIpc) is 2.05. The molecule has 0 aliphatic rings. The Balaban J connectivity index is 2.87. The molecule has 0 aliphatic heterocycles. The molecular weight excluding hydrogens is 140 g/mol. The van der Waals surface area contributed by atoms with Gasteiger partial charge in [-0.1, -0.05) is 19.1 Å². The van der Waals surface area contributed by atoms with Crippen LogP contribution >= 0.6 is 11.8 Å². The van der Waals surface area contributed by atoms with E-state index in [0.717, 1.165) is 0 Å². The zero-order valence-corrected chi connectivity index (χ0v) is 7.11. The van der Waals surface area contributed by atoms with Gasteiger partial charge in [-0.25, -0.2) is 0 Å². The van der Waals surface area contributed by atoms with Crippen molar-refractivity contribution in [2.45, 2.75) is 11.8 Å². The van der Waals surface area contributed by atoms with Gasteiger partial charge in [0.05, 0.1) is 0 Å². The lowest BCUT2D eigenvalue weighted by Gasteiger charge is -1.97. The summed E-state index contributed by atoms with van der Waals surface area (Å²) in [6.45, 7) is 2.06. The molecule has 1 heteroatoms. The molecule has 1 radical (unpaired) electrons. The van der Waals surface area contributed by atoms with Crippen LogP contribution in [0, 0.1) is 6.42 Å². The second kappa shape index (κ2) is 3.67. The van der Waals surface area contributed by atoms with Gasteiger partial charge in [-0.2, -0.15) is 0 Å². The third-order valence-electron chi connectivity index (χ3n) is 1.43. The first-order valence-electron chi connectivity index (χ1n) is 3.30. The maximum Gasteiger partial charge on any atom is 0.00719 e. The van der Waals surface area contributed by atoms with E-state index in [-0.39, 0.29) is 0 Å². The number of rotatable bonds is 2.